The van der Waals surface area contributed by atoms with Gasteiger partial charge in [0.1, 0.15) is 0 Å². The van der Waals surface area contributed by atoms with Crippen LogP contribution in [0, 0.1) is 11.3 Å². The fourth-order valence-corrected chi connectivity index (χ4v) is 4.04. The van der Waals surface area contributed by atoms with E-state index in [0.29, 0.717) is 17.8 Å². The van der Waals surface area contributed by atoms with E-state index in [9.17, 15) is 9.90 Å². The molecule has 1 aliphatic rings. The number of aliphatic carboxylic acids is 1. The molecule has 20 heavy (non-hydrogen) atoms. The van der Waals surface area contributed by atoms with Gasteiger partial charge >= 0.3 is 5.97 Å². The molecule has 0 aliphatic heterocycles. The van der Waals surface area contributed by atoms with Crippen LogP contribution in [0.4, 0.5) is 0 Å². The van der Waals surface area contributed by atoms with Crippen LogP contribution in [-0.4, -0.2) is 34.6 Å². The van der Waals surface area contributed by atoms with E-state index < -0.39 is 5.97 Å². The lowest BCUT2D eigenvalue weighted by Gasteiger charge is -2.42. The maximum Gasteiger partial charge on any atom is 0.305 e. The number of rotatable bonds is 5. The van der Waals surface area contributed by atoms with Gasteiger partial charge in [0.15, 0.2) is 0 Å². The molecule has 1 rings (SSSR count). The van der Waals surface area contributed by atoms with Gasteiger partial charge in [0.25, 0.3) is 0 Å². The van der Waals surface area contributed by atoms with Crippen LogP contribution in [0.25, 0.3) is 0 Å². The van der Waals surface area contributed by atoms with Gasteiger partial charge in [0, 0.05) is 5.54 Å². The van der Waals surface area contributed by atoms with E-state index in [1.807, 2.05) is 0 Å². The van der Waals surface area contributed by atoms with Crippen molar-refractivity contribution in [1.82, 2.24) is 4.90 Å². The second kappa shape index (κ2) is 6.93. The SMILES string of the molecule is CCN(CC)C1(CC(=O)O)CCCC(C(C)(C)C)CC1. The third kappa shape index (κ3) is 4.21. The standard InChI is InChI=1S/C17H33NO2/c1-6-18(7-2)17(13-15(19)20)11-8-9-14(10-12-17)16(3,4)5/h14H,6-13H2,1-5H3,(H,19,20). The normalized spacial score (nSPS) is 28.4. The van der Waals surface area contributed by atoms with Gasteiger partial charge in [-0.25, -0.2) is 0 Å². The molecule has 3 heteroatoms. The number of hydrogen-bond donors (Lipinski definition) is 1. The van der Waals surface area contributed by atoms with Gasteiger partial charge in [-0.3, -0.25) is 9.69 Å². The summed E-state index contributed by atoms with van der Waals surface area (Å²) in [6, 6.07) is 0. The van der Waals surface area contributed by atoms with Crippen LogP contribution in [0.3, 0.4) is 0 Å². The van der Waals surface area contributed by atoms with Crippen molar-refractivity contribution in [2.45, 2.75) is 78.7 Å². The molecule has 0 amide bonds. The third-order valence-corrected chi connectivity index (χ3v) is 5.29. The van der Waals surface area contributed by atoms with Crippen molar-refractivity contribution in [2.24, 2.45) is 11.3 Å². The average molecular weight is 283 g/mol. The molecule has 0 bridgehead atoms. The van der Waals surface area contributed by atoms with Gasteiger partial charge in [-0.05, 0) is 50.1 Å². The number of carboxylic acid groups (broad SMARTS) is 1. The third-order valence-electron chi connectivity index (χ3n) is 5.29. The first-order chi connectivity index (χ1) is 9.25. The van der Waals surface area contributed by atoms with Crippen molar-refractivity contribution in [3.05, 3.63) is 0 Å². The molecule has 2 unspecified atom stereocenters. The topological polar surface area (TPSA) is 40.5 Å². The van der Waals surface area contributed by atoms with Crippen LogP contribution in [0.1, 0.15) is 73.1 Å². The van der Waals surface area contributed by atoms with Crippen LogP contribution < -0.4 is 0 Å². The van der Waals surface area contributed by atoms with Gasteiger partial charge in [-0.15, -0.1) is 0 Å². The molecule has 0 aromatic rings. The van der Waals surface area contributed by atoms with Crippen LogP contribution in [-0.2, 0) is 4.79 Å². The minimum atomic E-state index is -0.647. The van der Waals surface area contributed by atoms with Crippen LogP contribution in [0.15, 0.2) is 0 Å². The Kier molecular flexibility index (Phi) is 6.06. The average Bonchev–Trinajstić information content (AvgIpc) is 2.52. The Balaban J connectivity index is 2.92. The molecular formula is C17H33NO2. The van der Waals surface area contributed by atoms with E-state index in [1.54, 1.807) is 0 Å². The van der Waals surface area contributed by atoms with Gasteiger partial charge in [0.2, 0.25) is 0 Å². The zero-order chi connectivity index (χ0) is 15.4. The number of carboxylic acids is 1. The number of carbonyl (C=O) groups is 1. The first-order valence-corrected chi connectivity index (χ1v) is 8.22. The van der Waals surface area contributed by atoms with E-state index in [-0.39, 0.29) is 5.54 Å². The highest BCUT2D eigenvalue weighted by atomic mass is 16.4. The predicted molar refractivity (Wildman–Crippen MR) is 83.9 cm³/mol. The van der Waals surface area contributed by atoms with E-state index in [4.69, 9.17) is 0 Å². The van der Waals surface area contributed by atoms with Crippen molar-refractivity contribution in [2.75, 3.05) is 13.1 Å². The Morgan fingerprint density at radius 2 is 1.80 bits per heavy atom. The van der Waals surface area contributed by atoms with Crippen LogP contribution >= 0.6 is 0 Å². The minimum absolute atomic E-state index is 0.116. The summed E-state index contributed by atoms with van der Waals surface area (Å²) >= 11 is 0. The Morgan fingerprint density at radius 1 is 1.20 bits per heavy atom. The minimum Gasteiger partial charge on any atom is -0.481 e. The highest BCUT2D eigenvalue weighted by Gasteiger charge is 2.40. The Bertz CT molecular complexity index is 317. The highest BCUT2D eigenvalue weighted by molar-refractivity contribution is 5.68. The van der Waals surface area contributed by atoms with E-state index in [1.165, 1.54) is 6.42 Å². The summed E-state index contributed by atoms with van der Waals surface area (Å²) in [6.45, 7) is 13.2. The molecular weight excluding hydrogens is 250 g/mol. The van der Waals surface area contributed by atoms with Crippen LogP contribution in [0.2, 0.25) is 0 Å². The second-order valence-electron chi connectivity index (χ2n) is 7.46. The summed E-state index contributed by atoms with van der Waals surface area (Å²) in [5, 5.41) is 9.36. The predicted octanol–water partition coefficient (Wildman–Crippen LogP) is 4.17. The smallest absolute Gasteiger partial charge is 0.305 e. The lowest BCUT2D eigenvalue weighted by Crippen LogP contribution is -2.49. The lowest BCUT2D eigenvalue weighted by molar-refractivity contribution is -0.140. The summed E-state index contributed by atoms with van der Waals surface area (Å²) < 4.78 is 0. The lowest BCUT2D eigenvalue weighted by atomic mass is 9.75. The molecule has 0 saturated heterocycles. The summed E-state index contributed by atoms with van der Waals surface area (Å²) in [5.74, 6) is 0.0693. The number of nitrogens with zero attached hydrogens (tertiary/aromatic N) is 1. The van der Waals surface area contributed by atoms with E-state index in [0.717, 1.165) is 38.8 Å². The van der Waals surface area contributed by atoms with Gasteiger partial charge in [0.05, 0.1) is 6.42 Å². The first kappa shape index (κ1) is 17.5. The van der Waals surface area contributed by atoms with Crippen molar-refractivity contribution in [1.29, 1.82) is 0 Å². The maximum absolute atomic E-state index is 11.4. The number of hydrogen-bond acceptors (Lipinski definition) is 2. The van der Waals surface area contributed by atoms with Gasteiger partial charge in [-0.1, -0.05) is 41.0 Å². The molecule has 2 atom stereocenters. The maximum atomic E-state index is 11.4. The summed E-state index contributed by atoms with van der Waals surface area (Å²) in [5.41, 5.74) is 0.220. The summed E-state index contributed by atoms with van der Waals surface area (Å²) in [7, 11) is 0. The fraction of sp³-hybridized carbons (Fsp3) is 0.941. The van der Waals surface area contributed by atoms with Gasteiger partial charge in [-0.2, -0.15) is 0 Å². The summed E-state index contributed by atoms with van der Waals surface area (Å²) in [4.78, 5) is 13.8. The molecule has 0 spiro atoms. The monoisotopic (exact) mass is 283 g/mol. The molecule has 0 heterocycles. The van der Waals surface area contributed by atoms with Crippen molar-refractivity contribution < 1.29 is 9.90 Å². The van der Waals surface area contributed by atoms with Crippen LogP contribution in [0.5, 0.6) is 0 Å². The molecule has 0 aromatic carbocycles. The van der Waals surface area contributed by atoms with E-state index in [2.05, 4.69) is 39.5 Å². The summed E-state index contributed by atoms with van der Waals surface area (Å²) in [6.07, 6.45) is 5.92. The quantitative estimate of drug-likeness (QED) is 0.770. The molecule has 1 aliphatic carbocycles. The zero-order valence-corrected chi connectivity index (χ0v) is 14.0. The van der Waals surface area contributed by atoms with Crippen molar-refractivity contribution >= 4 is 5.97 Å². The van der Waals surface area contributed by atoms with Gasteiger partial charge < -0.3 is 5.11 Å². The van der Waals surface area contributed by atoms with E-state index >= 15 is 0 Å². The molecule has 0 aromatic heterocycles. The largest absolute Gasteiger partial charge is 0.481 e. The van der Waals surface area contributed by atoms with Crippen molar-refractivity contribution in [3.8, 4) is 0 Å². The Hall–Kier alpha value is -0.570. The molecule has 1 fully saturated rings. The van der Waals surface area contributed by atoms with Crippen molar-refractivity contribution in [3.63, 3.8) is 0 Å². The fourth-order valence-electron chi connectivity index (χ4n) is 4.04. The molecule has 118 valence electrons. The zero-order valence-electron chi connectivity index (χ0n) is 14.0. The highest BCUT2D eigenvalue weighted by Crippen LogP contribution is 2.43. The molecule has 3 nitrogen and oxygen atoms in total. The molecule has 0 radical (unpaired) electrons. The Labute approximate surface area is 124 Å². The molecule has 1 N–H and O–H groups in total. The molecule has 1 saturated carbocycles. The Morgan fingerprint density at radius 3 is 2.25 bits per heavy atom. The second-order valence-corrected chi connectivity index (χ2v) is 7.46. The first-order valence-electron chi connectivity index (χ1n) is 8.22.